The van der Waals surface area contributed by atoms with Crippen molar-refractivity contribution in [2.45, 2.75) is 42.7 Å². The first kappa shape index (κ1) is 16.2. The number of ether oxygens (including phenoxy) is 1. The van der Waals surface area contributed by atoms with Crippen molar-refractivity contribution >= 4 is 21.4 Å². The zero-order valence-corrected chi connectivity index (χ0v) is 15.0. The van der Waals surface area contributed by atoms with Gasteiger partial charge in [-0.3, -0.25) is 0 Å². The lowest BCUT2D eigenvalue weighted by Gasteiger charge is -2.45. The summed E-state index contributed by atoms with van der Waals surface area (Å²) >= 11 is 1.20. The van der Waals surface area contributed by atoms with E-state index >= 15 is 0 Å². The van der Waals surface area contributed by atoms with E-state index in [-0.39, 0.29) is 28.3 Å². The summed E-state index contributed by atoms with van der Waals surface area (Å²) in [6, 6.07) is 2.84. The molecule has 1 aliphatic carbocycles. The van der Waals surface area contributed by atoms with Crippen LogP contribution in [0, 0.1) is 19.8 Å². The normalized spacial score (nSPS) is 29.5. The third-order valence-corrected chi connectivity index (χ3v) is 7.92. The second kappa shape index (κ2) is 5.63. The van der Waals surface area contributed by atoms with Gasteiger partial charge in [0, 0.05) is 23.4 Å². The van der Waals surface area contributed by atoms with Crippen molar-refractivity contribution in [1.82, 2.24) is 9.88 Å². The molecule has 0 radical (unpaired) electrons. The monoisotopic (exact) mass is 369 g/mol. The number of hydrogen-bond acceptors (Lipinski definition) is 7. The molecule has 4 atom stereocenters. The molecule has 0 amide bonds. The maximum Gasteiger partial charge on any atom is 0.250 e. The van der Waals surface area contributed by atoms with Crippen molar-refractivity contribution in [2.75, 3.05) is 6.61 Å². The summed E-state index contributed by atoms with van der Waals surface area (Å²) in [5.41, 5.74) is 7.68. The molecule has 0 spiro atoms. The molecule has 7 nitrogen and oxygen atoms in total. The van der Waals surface area contributed by atoms with Gasteiger partial charge >= 0.3 is 0 Å². The van der Waals surface area contributed by atoms with Gasteiger partial charge in [-0.15, -0.1) is 11.3 Å². The Morgan fingerprint density at radius 3 is 2.88 bits per heavy atom. The molecule has 1 aliphatic heterocycles. The van der Waals surface area contributed by atoms with Crippen LogP contribution in [0.15, 0.2) is 20.9 Å². The smallest absolute Gasteiger partial charge is 0.250 e. The van der Waals surface area contributed by atoms with E-state index in [9.17, 15) is 8.42 Å². The molecule has 130 valence electrons. The van der Waals surface area contributed by atoms with Gasteiger partial charge in [-0.05, 0) is 32.4 Å². The Hall–Kier alpha value is -1.26. The van der Waals surface area contributed by atoms with Crippen molar-refractivity contribution in [3.63, 3.8) is 0 Å². The first-order valence-corrected chi connectivity index (χ1v) is 10.1. The largest absolute Gasteiger partial charge is 0.376 e. The quantitative estimate of drug-likeness (QED) is 0.844. The van der Waals surface area contributed by atoms with Gasteiger partial charge in [0.05, 0.1) is 23.4 Å². The van der Waals surface area contributed by atoms with E-state index in [1.807, 2.05) is 13.8 Å². The zero-order valence-electron chi connectivity index (χ0n) is 13.4. The lowest BCUT2D eigenvalue weighted by Crippen LogP contribution is -2.68. The van der Waals surface area contributed by atoms with E-state index in [0.29, 0.717) is 12.4 Å². The Balaban J connectivity index is 1.57. The van der Waals surface area contributed by atoms with Crippen LogP contribution in [0.25, 0.3) is 10.4 Å². The number of hydrogen-bond donors (Lipinski definition) is 2. The van der Waals surface area contributed by atoms with Crippen molar-refractivity contribution in [3.8, 4) is 10.4 Å². The van der Waals surface area contributed by atoms with Crippen LogP contribution in [0.1, 0.15) is 17.9 Å². The van der Waals surface area contributed by atoms with Gasteiger partial charge in [-0.25, -0.2) is 13.1 Å². The summed E-state index contributed by atoms with van der Waals surface area (Å²) in [5, 5.41) is 3.91. The number of thiophene rings is 1. The highest BCUT2D eigenvalue weighted by Crippen LogP contribution is 2.39. The third-order valence-electron chi connectivity index (χ3n) is 4.86. The standard InChI is InChI=1S/C15H19N3O4S2/c1-7-12(8(2)22-17-7)10-3-4-11(23-10)24(19,20)18-14-13(16)9-5-6-21-15(9)14/h3-4,9,13-15,18H,5-6,16H2,1-2H3/t9-,13+,14-,15-/m1/s1. The van der Waals surface area contributed by atoms with E-state index in [2.05, 4.69) is 9.88 Å². The minimum atomic E-state index is -3.63. The lowest BCUT2D eigenvalue weighted by molar-refractivity contribution is -0.00922. The van der Waals surface area contributed by atoms with Crippen LogP contribution in [-0.2, 0) is 14.8 Å². The van der Waals surface area contributed by atoms with Crippen LogP contribution in [0.4, 0.5) is 0 Å². The van der Waals surface area contributed by atoms with Crippen molar-refractivity contribution in [2.24, 2.45) is 11.7 Å². The number of aryl methyl sites for hydroxylation is 2. The van der Waals surface area contributed by atoms with Gasteiger partial charge in [-0.1, -0.05) is 5.16 Å². The molecular formula is C15H19N3O4S2. The number of aromatic nitrogens is 1. The Morgan fingerprint density at radius 1 is 1.38 bits per heavy atom. The van der Waals surface area contributed by atoms with E-state index in [1.54, 1.807) is 12.1 Å². The number of rotatable bonds is 4. The zero-order chi connectivity index (χ0) is 17.1. The molecule has 0 aromatic carbocycles. The highest BCUT2D eigenvalue weighted by Gasteiger charge is 2.53. The minimum absolute atomic E-state index is 0.100. The molecule has 2 fully saturated rings. The maximum atomic E-state index is 12.7. The molecule has 0 unspecified atom stereocenters. The second-order valence-electron chi connectivity index (χ2n) is 6.33. The molecule has 2 aromatic rings. The molecule has 4 rings (SSSR count). The fourth-order valence-electron chi connectivity index (χ4n) is 3.57. The summed E-state index contributed by atoms with van der Waals surface area (Å²) < 4.78 is 39.1. The summed E-state index contributed by atoms with van der Waals surface area (Å²) in [6.07, 6.45) is 0.802. The van der Waals surface area contributed by atoms with Crippen LogP contribution >= 0.6 is 11.3 Å². The van der Waals surface area contributed by atoms with Crippen molar-refractivity contribution < 1.29 is 17.7 Å². The Morgan fingerprint density at radius 2 is 2.17 bits per heavy atom. The average Bonchev–Trinajstić information content (AvgIpc) is 3.24. The number of nitrogens with two attached hydrogens (primary N) is 1. The number of nitrogens with one attached hydrogen (secondary N) is 1. The molecule has 9 heteroatoms. The molecule has 2 aromatic heterocycles. The van der Waals surface area contributed by atoms with E-state index < -0.39 is 10.0 Å². The van der Waals surface area contributed by atoms with Gasteiger partial charge in [0.1, 0.15) is 9.97 Å². The predicted octanol–water partition coefficient (Wildman–Crippen LogP) is 1.41. The van der Waals surface area contributed by atoms with Crippen molar-refractivity contribution in [1.29, 1.82) is 0 Å². The second-order valence-corrected chi connectivity index (χ2v) is 9.35. The first-order chi connectivity index (χ1) is 11.4. The maximum absolute atomic E-state index is 12.7. The minimum Gasteiger partial charge on any atom is -0.376 e. The lowest BCUT2D eigenvalue weighted by atomic mass is 9.73. The van der Waals surface area contributed by atoms with Gasteiger partial charge in [0.2, 0.25) is 10.0 Å². The SMILES string of the molecule is Cc1noc(C)c1-c1ccc(S(=O)(=O)N[C@@H]2[C@@H](N)[C@H]3CCO[C@H]32)s1. The molecule has 2 aliphatic rings. The predicted molar refractivity (Wildman–Crippen MR) is 89.2 cm³/mol. The Labute approximate surface area is 144 Å². The molecule has 1 saturated heterocycles. The first-order valence-electron chi connectivity index (χ1n) is 7.81. The van der Waals surface area contributed by atoms with Gasteiger partial charge in [-0.2, -0.15) is 0 Å². The van der Waals surface area contributed by atoms with Crippen LogP contribution in [0.3, 0.4) is 0 Å². The van der Waals surface area contributed by atoms with Crippen LogP contribution < -0.4 is 10.5 Å². The Bertz CT molecular complexity index is 854. The number of fused-ring (bicyclic) bond motifs is 1. The number of sulfonamides is 1. The number of nitrogens with zero attached hydrogens (tertiary/aromatic N) is 1. The third kappa shape index (κ3) is 2.42. The molecule has 3 heterocycles. The average molecular weight is 369 g/mol. The fraction of sp³-hybridized carbons (Fsp3) is 0.533. The Kier molecular flexibility index (Phi) is 3.81. The molecular weight excluding hydrogens is 350 g/mol. The molecule has 1 saturated carbocycles. The summed E-state index contributed by atoms with van der Waals surface area (Å²) in [5.74, 6) is 0.938. The summed E-state index contributed by atoms with van der Waals surface area (Å²) in [7, 11) is -3.63. The van der Waals surface area contributed by atoms with E-state index in [0.717, 1.165) is 22.6 Å². The van der Waals surface area contributed by atoms with Crippen molar-refractivity contribution in [3.05, 3.63) is 23.6 Å². The molecule has 24 heavy (non-hydrogen) atoms. The summed E-state index contributed by atoms with van der Waals surface area (Å²) in [4.78, 5) is 0.819. The van der Waals surface area contributed by atoms with Crippen LogP contribution in [-0.4, -0.2) is 38.4 Å². The van der Waals surface area contributed by atoms with E-state index in [4.69, 9.17) is 15.0 Å². The molecule has 3 N–H and O–H groups in total. The van der Waals surface area contributed by atoms with Crippen LogP contribution in [0.5, 0.6) is 0 Å². The van der Waals surface area contributed by atoms with Gasteiger partial charge in [0.25, 0.3) is 0 Å². The summed E-state index contributed by atoms with van der Waals surface area (Å²) in [6.45, 7) is 4.30. The molecule has 0 bridgehead atoms. The van der Waals surface area contributed by atoms with E-state index in [1.165, 1.54) is 11.3 Å². The van der Waals surface area contributed by atoms with Gasteiger partial charge in [0.15, 0.2) is 0 Å². The van der Waals surface area contributed by atoms with Gasteiger partial charge < -0.3 is 15.0 Å². The topological polar surface area (TPSA) is 107 Å². The highest BCUT2D eigenvalue weighted by molar-refractivity contribution is 7.91. The fourth-order valence-corrected chi connectivity index (χ4v) is 6.31. The highest BCUT2D eigenvalue weighted by atomic mass is 32.2. The van der Waals surface area contributed by atoms with Crippen LogP contribution in [0.2, 0.25) is 0 Å².